The van der Waals surface area contributed by atoms with Crippen LogP contribution in [0.2, 0.25) is 0 Å². The maximum absolute atomic E-state index is 12.4. The summed E-state index contributed by atoms with van der Waals surface area (Å²) in [6.07, 6.45) is 3.27. The van der Waals surface area contributed by atoms with Gasteiger partial charge in [0.2, 0.25) is 0 Å². The van der Waals surface area contributed by atoms with Crippen LogP contribution in [0.1, 0.15) is 22.7 Å². The average molecular weight is 345 g/mol. The van der Waals surface area contributed by atoms with E-state index in [9.17, 15) is 10.1 Å². The van der Waals surface area contributed by atoms with E-state index < -0.39 is 5.91 Å². The van der Waals surface area contributed by atoms with Crippen molar-refractivity contribution >= 4 is 17.7 Å². The lowest BCUT2D eigenvalue weighted by Crippen LogP contribution is -2.13. The first-order chi connectivity index (χ1) is 12.6. The van der Waals surface area contributed by atoms with E-state index in [1.165, 1.54) is 0 Å². The number of amides is 1. The number of benzene rings is 1. The molecule has 0 spiro atoms. The number of carbonyl (C=O) groups excluding carboxylic acids is 1. The molecule has 1 amide bonds. The van der Waals surface area contributed by atoms with Crippen LogP contribution in [0.5, 0.6) is 0 Å². The second kappa shape index (κ2) is 7.58. The zero-order valence-electron chi connectivity index (χ0n) is 14.7. The Kier molecular flexibility index (Phi) is 5.04. The Hall–Kier alpha value is -3.52. The lowest BCUT2D eigenvalue weighted by molar-refractivity contribution is -0.112. The molecule has 3 aromatic rings. The van der Waals surface area contributed by atoms with Gasteiger partial charge < -0.3 is 14.3 Å². The van der Waals surface area contributed by atoms with Gasteiger partial charge in [-0.3, -0.25) is 4.79 Å². The van der Waals surface area contributed by atoms with Crippen molar-refractivity contribution in [1.29, 1.82) is 5.26 Å². The summed E-state index contributed by atoms with van der Waals surface area (Å²) in [6.45, 7) is 4.56. The van der Waals surface area contributed by atoms with E-state index in [0.717, 1.165) is 22.7 Å². The third kappa shape index (κ3) is 3.76. The van der Waals surface area contributed by atoms with Gasteiger partial charge >= 0.3 is 0 Å². The van der Waals surface area contributed by atoms with Gasteiger partial charge in [-0.1, -0.05) is 18.2 Å². The molecule has 0 saturated carbocycles. The third-order valence-corrected chi connectivity index (χ3v) is 4.20. The third-order valence-electron chi connectivity index (χ3n) is 4.20. The average Bonchev–Trinajstić information content (AvgIpc) is 3.24. The fourth-order valence-corrected chi connectivity index (χ4v) is 2.80. The van der Waals surface area contributed by atoms with E-state index in [-0.39, 0.29) is 5.57 Å². The molecule has 1 N–H and O–H groups in total. The topological polar surface area (TPSA) is 71.0 Å². The number of nitriles is 1. The summed E-state index contributed by atoms with van der Waals surface area (Å²) >= 11 is 0. The van der Waals surface area contributed by atoms with Crippen LogP contribution in [0.15, 0.2) is 64.8 Å². The van der Waals surface area contributed by atoms with Gasteiger partial charge in [-0.2, -0.15) is 5.26 Å². The number of hydrogen-bond donors (Lipinski definition) is 1. The highest BCUT2D eigenvalue weighted by Gasteiger charge is 2.13. The molecule has 5 nitrogen and oxygen atoms in total. The Morgan fingerprint density at radius 3 is 2.65 bits per heavy atom. The van der Waals surface area contributed by atoms with Crippen LogP contribution in [-0.2, 0) is 11.3 Å². The maximum atomic E-state index is 12.4. The maximum Gasteiger partial charge on any atom is 0.266 e. The van der Waals surface area contributed by atoms with Gasteiger partial charge in [0.15, 0.2) is 0 Å². The summed E-state index contributed by atoms with van der Waals surface area (Å²) in [5.74, 6) is 0.430. The van der Waals surface area contributed by atoms with Crippen molar-refractivity contribution in [2.75, 3.05) is 5.32 Å². The molecular formula is C21H19N3O2. The van der Waals surface area contributed by atoms with Gasteiger partial charge in [0.05, 0.1) is 12.8 Å². The van der Waals surface area contributed by atoms with Crippen LogP contribution in [-0.4, -0.2) is 10.5 Å². The molecule has 0 radical (unpaired) electrons. The van der Waals surface area contributed by atoms with E-state index in [4.69, 9.17) is 4.42 Å². The van der Waals surface area contributed by atoms with Crippen molar-refractivity contribution in [2.24, 2.45) is 0 Å². The largest absolute Gasteiger partial charge is 0.467 e. The summed E-state index contributed by atoms with van der Waals surface area (Å²) in [6, 6.07) is 16.8. The van der Waals surface area contributed by atoms with Crippen molar-refractivity contribution in [2.45, 2.75) is 20.4 Å². The molecule has 0 saturated heterocycles. The SMILES string of the molecule is Cc1cc(/C=C(\C#N)C(=O)Nc2ccccc2)c(C)n1Cc1ccco1. The van der Waals surface area contributed by atoms with Crippen LogP contribution >= 0.6 is 0 Å². The summed E-state index contributed by atoms with van der Waals surface area (Å²) in [7, 11) is 0. The van der Waals surface area contributed by atoms with Crippen molar-refractivity contribution in [3.63, 3.8) is 0 Å². The lowest BCUT2D eigenvalue weighted by atomic mass is 10.1. The molecule has 1 aromatic carbocycles. The molecule has 0 aliphatic carbocycles. The standard InChI is InChI=1S/C21H19N3O2/c1-15-11-17(16(2)24(15)14-20-9-6-10-26-20)12-18(13-22)21(25)23-19-7-4-3-5-8-19/h3-12H,14H2,1-2H3,(H,23,25)/b18-12+. The Bertz CT molecular complexity index is 974. The molecule has 26 heavy (non-hydrogen) atoms. The second-order valence-electron chi connectivity index (χ2n) is 5.98. The summed E-state index contributed by atoms with van der Waals surface area (Å²) in [4.78, 5) is 12.4. The van der Waals surface area contributed by atoms with Crippen LogP contribution in [0, 0.1) is 25.2 Å². The monoisotopic (exact) mass is 345 g/mol. The molecule has 0 atom stereocenters. The fourth-order valence-electron chi connectivity index (χ4n) is 2.80. The Balaban J connectivity index is 1.85. The summed E-state index contributed by atoms with van der Waals surface area (Å²) < 4.78 is 7.50. The minimum Gasteiger partial charge on any atom is -0.467 e. The molecule has 5 heteroatoms. The number of nitrogens with zero attached hydrogens (tertiary/aromatic N) is 2. The zero-order valence-corrected chi connectivity index (χ0v) is 14.7. The highest BCUT2D eigenvalue weighted by atomic mass is 16.3. The molecule has 0 aliphatic rings. The van der Waals surface area contributed by atoms with E-state index in [1.54, 1.807) is 24.5 Å². The minimum absolute atomic E-state index is 0.0621. The van der Waals surface area contributed by atoms with Crippen LogP contribution in [0.3, 0.4) is 0 Å². The number of aromatic nitrogens is 1. The van der Waals surface area contributed by atoms with Gasteiger partial charge in [0.1, 0.15) is 17.4 Å². The lowest BCUT2D eigenvalue weighted by Gasteiger charge is -2.07. The molecule has 0 bridgehead atoms. The predicted molar refractivity (Wildman–Crippen MR) is 100 cm³/mol. The number of aryl methyl sites for hydroxylation is 1. The van der Waals surface area contributed by atoms with E-state index in [1.807, 2.05) is 56.3 Å². The Morgan fingerprint density at radius 2 is 2.00 bits per heavy atom. The number of para-hydroxylation sites is 1. The highest BCUT2D eigenvalue weighted by Crippen LogP contribution is 2.20. The molecule has 130 valence electrons. The molecule has 2 aromatic heterocycles. The van der Waals surface area contributed by atoms with Gasteiger partial charge in [-0.15, -0.1) is 0 Å². The summed E-state index contributed by atoms with van der Waals surface area (Å²) in [5, 5.41) is 12.1. The Labute approximate surface area is 152 Å². The van der Waals surface area contributed by atoms with Crippen molar-refractivity contribution in [3.05, 3.63) is 83.1 Å². The quantitative estimate of drug-likeness (QED) is 0.554. The first-order valence-electron chi connectivity index (χ1n) is 8.26. The van der Waals surface area contributed by atoms with E-state index in [0.29, 0.717) is 12.2 Å². The zero-order chi connectivity index (χ0) is 18.5. The smallest absolute Gasteiger partial charge is 0.266 e. The van der Waals surface area contributed by atoms with Gasteiger partial charge in [-0.05, 0) is 55.8 Å². The first kappa shape index (κ1) is 17.3. The molecule has 0 aliphatic heterocycles. The normalized spacial score (nSPS) is 11.2. The van der Waals surface area contributed by atoms with Crippen LogP contribution < -0.4 is 5.32 Å². The highest BCUT2D eigenvalue weighted by molar-refractivity contribution is 6.09. The van der Waals surface area contributed by atoms with Crippen LogP contribution in [0.25, 0.3) is 6.08 Å². The van der Waals surface area contributed by atoms with Gasteiger partial charge in [-0.25, -0.2) is 0 Å². The summed E-state index contributed by atoms with van der Waals surface area (Å²) in [5.41, 5.74) is 3.56. The molecule has 2 heterocycles. The number of carbonyl (C=O) groups is 1. The number of nitrogens with one attached hydrogen (secondary N) is 1. The van der Waals surface area contributed by atoms with Gasteiger partial charge in [0.25, 0.3) is 5.91 Å². The Morgan fingerprint density at radius 1 is 1.23 bits per heavy atom. The molecule has 0 fully saturated rings. The van der Waals surface area contributed by atoms with Gasteiger partial charge in [0, 0.05) is 17.1 Å². The van der Waals surface area contributed by atoms with Crippen molar-refractivity contribution in [3.8, 4) is 6.07 Å². The van der Waals surface area contributed by atoms with Crippen molar-refractivity contribution in [1.82, 2.24) is 4.57 Å². The number of furan rings is 1. The fraction of sp³-hybridized carbons (Fsp3) is 0.143. The molecule has 0 unspecified atom stereocenters. The molecular weight excluding hydrogens is 326 g/mol. The second-order valence-corrected chi connectivity index (χ2v) is 5.98. The number of rotatable bonds is 5. The predicted octanol–water partition coefficient (Wildman–Crippen LogP) is 4.29. The molecule has 3 rings (SSSR count). The number of anilines is 1. The van der Waals surface area contributed by atoms with E-state index in [2.05, 4.69) is 9.88 Å². The van der Waals surface area contributed by atoms with E-state index >= 15 is 0 Å². The minimum atomic E-state index is -0.422. The number of hydrogen-bond acceptors (Lipinski definition) is 3. The first-order valence-corrected chi connectivity index (χ1v) is 8.26. The van der Waals surface area contributed by atoms with Crippen LogP contribution in [0.4, 0.5) is 5.69 Å². The van der Waals surface area contributed by atoms with Crippen molar-refractivity contribution < 1.29 is 9.21 Å².